The van der Waals surface area contributed by atoms with Crippen LogP contribution >= 0.6 is 0 Å². The van der Waals surface area contributed by atoms with Crippen molar-refractivity contribution < 1.29 is 14.3 Å². The van der Waals surface area contributed by atoms with Crippen LogP contribution in [0, 0.1) is 0 Å². The summed E-state index contributed by atoms with van der Waals surface area (Å²) in [5.74, 6) is 0.468. The molecule has 1 aromatic heterocycles. The van der Waals surface area contributed by atoms with Gasteiger partial charge in [0.1, 0.15) is 5.69 Å². The summed E-state index contributed by atoms with van der Waals surface area (Å²) in [4.78, 5) is 30.3. The van der Waals surface area contributed by atoms with Crippen molar-refractivity contribution in [3.05, 3.63) is 54.2 Å². The minimum absolute atomic E-state index is 0.127. The number of carbonyl (C=O) groups excluding carboxylic acids is 2. The Kier molecular flexibility index (Phi) is 5.68. The molecule has 0 aliphatic carbocycles. The molecule has 0 bridgehead atoms. The zero-order valence-corrected chi connectivity index (χ0v) is 14.6. The van der Waals surface area contributed by atoms with E-state index in [4.69, 9.17) is 4.74 Å². The fourth-order valence-electron chi connectivity index (χ4n) is 3.00. The number of carbonyl (C=O) groups is 2. The summed E-state index contributed by atoms with van der Waals surface area (Å²) in [6, 6.07) is 12.4. The third-order valence-corrected chi connectivity index (χ3v) is 4.29. The summed E-state index contributed by atoms with van der Waals surface area (Å²) in [6.45, 7) is 1.17. The van der Waals surface area contributed by atoms with E-state index in [-0.39, 0.29) is 18.0 Å². The minimum Gasteiger partial charge on any atom is -0.480 e. The van der Waals surface area contributed by atoms with E-state index in [1.54, 1.807) is 23.2 Å². The second-order valence-corrected chi connectivity index (χ2v) is 6.07. The first-order chi connectivity index (χ1) is 12.7. The summed E-state index contributed by atoms with van der Waals surface area (Å²) in [5, 5.41) is 5.71. The number of hydrogen-bond acceptors (Lipinski definition) is 4. The molecule has 7 nitrogen and oxygen atoms in total. The lowest BCUT2D eigenvalue weighted by molar-refractivity contribution is -0.128. The second kappa shape index (κ2) is 8.33. The topological polar surface area (TPSA) is 83.6 Å². The van der Waals surface area contributed by atoms with E-state index in [9.17, 15) is 9.59 Å². The minimum atomic E-state index is -0.378. The monoisotopic (exact) mass is 354 g/mol. The number of benzene rings is 1. The maximum Gasteiger partial charge on any atom is 0.319 e. The highest BCUT2D eigenvalue weighted by Gasteiger charge is 2.25. The zero-order valence-electron chi connectivity index (χ0n) is 14.6. The van der Waals surface area contributed by atoms with Crippen molar-refractivity contribution in [1.29, 1.82) is 0 Å². The lowest BCUT2D eigenvalue weighted by atomic mass is 10.1. The molecule has 1 aromatic carbocycles. The van der Waals surface area contributed by atoms with Crippen LogP contribution in [0.25, 0.3) is 0 Å². The Morgan fingerprint density at radius 1 is 1.27 bits per heavy atom. The van der Waals surface area contributed by atoms with Gasteiger partial charge in [-0.25, -0.2) is 9.78 Å². The van der Waals surface area contributed by atoms with Crippen molar-refractivity contribution in [3.8, 4) is 5.88 Å². The Labute approximate surface area is 152 Å². The maximum absolute atomic E-state index is 12.5. The van der Waals surface area contributed by atoms with E-state index >= 15 is 0 Å². The van der Waals surface area contributed by atoms with E-state index in [1.807, 2.05) is 30.3 Å². The van der Waals surface area contributed by atoms with Crippen LogP contribution in [0.2, 0.25) is 0 Å². The highest BCUT2D eigenvalue weighted by atomic mass is 16.5. The number of methoxy groups -OCH3 is 1. The normalized spacial score (nSPS) is 14.8. The largest absolute Gasteiger partial charge is 0.480 e. The molecular formula is C19H22N4O3. The molecule has 0 radical (unpaired) electrons. The molecule has 26 heavy (non-hydrogen) atoms. The quantitative estimate of drug-likeness (QED) is 0.835. The molecular weight excluding hydrogens is 332 g/mol. The number of hydrogen-bond donors (Lipinski definition) is 2. The van der Waals surface area contributed by atoms with Gasteiger partial charge in [-0.3, -0.25) is 4.79 Å². The molecule has 1 aliphatic rings. The van der Waals surface area contributed by atoms with Crippen molar-refractivity contribution in [1.82, 2.24) is 15.2 Å². The van der Waals surface area contributed by atoms with E-state index < -0.39 is 0 Å². The van der Waals surface area contributed by atoms with Crippen LogP contribution in [-0.4, -0.2) is 42.0 Å². The van der Waals surface area contributed by atoms with Crippen molar-refractivity contribution in [2.45, 2.75) is 18.9 Å². The molecule has 7 heteroatoms. The number of amides is 3. The summed E-state index contributed by atoms with van der Waals surface area (Å²) < 4.78 is 5.15. The number of aromatic nitrogens is 1. The molecule has 0 unspecified atom stereocenters. The second-order valence-electron chi connectivity index (χ2n) is 6.07. The molecule has 1 atom stereocenters. The number of likely N-dealkylation sites (tertiary alicyclic amines) is 1. The Morgan fingerprint density at radius 2 is 2.08 bits per heavy atom. The number of anilines is 1. The zero-order chi connectivity index (χ0) is 18.4. The summed E-state index contributed by atoms with van der Waals surface area (Å²) in [7, 11) is 1.50. The Bertz CT molecular complexity index is 766. The number of nitrogens with zero attached hydrogens (tertiary/aromatic N) is 2. The Hall–Kier alpha value is -3.09. The molecule has 0 spiro atoms. The molecule has 1 fully saturated rings. The van der Waals surface area contributed by atoms with Crippen LogP contribution in [0.5, 0.6) is 5.88 Å². The van der Waals surface area contributed by atoms with Crippen LogP contribution in [-0.2, 0) is 4.79 Å². The molecule has 2 heterocycles. The van der Waals surface area contributed by atoms with E-state index in [0.717, 1.165) is 18.5 Å². The van der Waals surface area contributed by atoms with Gasteiger partial charge in [0.05, 0.1) is 13.2 Å². The van der Waals surface area contributed by atoms with Gasteiger partial charge in [0, 0.05) is 25.7 Å². The molecule has 3 rings (SSSR count). The average molecular weight is 354 g/mol. The van der Waals surface area contributed by atoms with Crippen LogP contribution in [0.1, 0.15) is 24.4 Å². The highest BCUT2D eigenvalue weighted by molar-refractivity contribution is 5.90. The van der Waals surface area contributed by atoms with Crippen molar-refractivity contribution in [2.24, 2.45) is 0 Å². The number of nitrogens with one attached hydrogen (secondary N) is 2. The predicted molar refractivity (Wildman–Crippen MR) is 97.9 cm³/mol. The van der Waals surface area contributed by atoms with Crippen molar-refractivity contribution in [2.75, 3.05) is 25.5 Å². The molecule has 2 N–H and O–H groups in total. The summed E-state index contributed by atoms with van der Waals surface area (Å²) >= 11 is 0. The first-order valence-electron chi connectivity index (χ1n) is 8.56. The van der Waals surface area contributed by atoms with Gasteiger partial charge >= 0.3 is 6.03 Å². The Balaban J connectivity index is 1.72. The van der Waals surface area contributed by atoms with Gasteiger partial charge in [0.25, 0.3) is 0 Å². The summed E-state index contributed by atoms with van der Waals surface area (Å²) in [5.41, 5.74) is 1.43. The van der Waals surface area contributed by atoms with Crippen molar-refractivity contribution in [3.63, 3.8) is 0 Å². The van der Waals surface area contributed by atoms with Crippen LogP contribution < -0.4 is 15.4 Å². The first kappa shape index (κ1) is 17.7. The van der Waals surface area contributed by atoms with Crippen LogP contribution in [0.3, 0.4) is 0 Å². The van der Waals surface area contributed by atoms with E-state index in [0.29, 0.717) is 24.5 Å². The molecule has 1 saturated heterocycles. The average Bonchev–Trinajstić information content (AvgIpc) is 3.07. The SMILES string of the molecule is COc1ncccc1NC(=O)N[C@@H](CN1CCCC1=O)c1ccccc1. The van der Waals surface area contributed by atoms with Gasteiger partial charge in [0.2, 0.25) is 11.8 Å². The van der Waals surface area contributed by atoms with Gasteiger partial charge in [-0.15, -0.1) is 0 Å². The van der Waals surface area contributed by atoms with E-state index in [1.165, 1.54) is 7.11 Å². The van der Waals surface area contributed by atoms with Crippen LogP contribution in [0.15, 0.2) is 48.7 Å². The maximum atomic E-state index is 12.5. The highest BCUT2D eigenvalue weighted by Crippen LogP contribution is 2.21. The molecule has 0 saturated carbocycles. The number of pyridine rings is 1. The lowest BCUT2D eigenvalue weighted by Crippen LogP contribution is -2.40. The van der Waals surface area contributed by atoms with Crippen molar-refractivity contribution >= 4 is 17.6 Å². The van der Waals surface area contributed by atoms with Gasteiger partial charge in [-0.1, -0.05) is 30.3 Å². The van der Waals surface area contributed by atoms with Gasteiger partial charge < -0.3 is 20.3 Å². The first-order valence-corrected chi connectivity index (χ1v) is 8.56. The molecule has 136 valence electrons. The molecule has 3 amide bonds. The lowest BCUT2D eigenvalue weighted by Gasteiger charge is -2.25. The van der Waals surface area contributed by atoms with Crippen LogP contribution in [0.4, 0.5) is 10.5 Å². The number of rotatable bonds is 6. The molecule has 1 aliphatic heterocycles. The van der Waals surface area contributed by atoms with E-state index in [2.05, 4.69) is 15.6 Å². The molecule has 2 aromatic rings. The predicted octanol–water partition coefficient (Wildman–Crippen LogP) is 2.58. The Morgan fingerprint density at radius 3 is 2.77 bits per heavy atom. The summed E-state index contributed by atoms with van der Waals surface area (Å²) in [6.07, 6.45) is 3.02. The standard InChI is InChI=1S/C19H22N4O3/c1-26-18-15(9-5-11-20-18)21-19(25)22-16(14-7-3-2-4-8-14)13-23-12-6-10-17(23)24/h2-5,7-9,11,16H,6,10,12-13H2,1H3,(H2,21,22,25)/t16-/m0/s1. The van der Waals surface area contributed by atoms with Gasteiger partial charge in [-0.2, -0.15) is 0 Å². The third-order valence-electron chi connectivity index (χ3n) is 4.29. The number of urea groups is 1. The number of ether oxygens (including phenoxy) is 1. The third kappa shape index (κ3) is 4.30. The fraction of sp³-hybridized carbons (Fsp3) is 0.316. The smallest absolute Gasteiger partial charge is 0.319 e. The fourth-order valence-corrected chi connectivity index (χ4v) is 3.00. The van der Waals surface area contributed by atoms with Gasteiger partial charge in [0.15, 0.2) is 0 Å². The van der Waals surface area contributed by atoms with Gasteiger partial charge in [-0.05, 0) is 24.1 Å².